The quantitative estimate of drug-likeness (QED) is 0.0384. The molecule has 0 saturated heterocycles. The maximum Gasteiger partial charge on any atom is 0.503 e. The van der Waals surface area contributed by atoms with E-state index in [-0.39, 0.29) is 92.2 Å². The molecule has 4 amide bonds. The van der Waals surface area contributed by atoms with Crippen molar-refractivity contribution in [2.24, 2.45) is 0 Å². The molecular weight excluding hydrogens is 763 g/mol. The van der Waals surface area contributed by atoms with Crippen LogP contribution in [-0.2, 0) is 60.8 Å². The zero-order chi connectivity index (χ0) is 38.2. The van der Waals surface area contributed by atoms with E-state index in [1.54, 1.807) is 20.8 Å². The lowest BCUT2D eigenvalue weighted by Crippen LogP contribution is -2.28. The molecule has 18 nitrogen and oxygen atoms in total. The summed E-state index contributed by atoms with van der Waals surface area (Å²) >= 11 is 2.18. The Labute approximate surface area is 305 Å². The fourth-order valence-corrected chi connectivity index (χ4v) is 7.35. The van der Waals surface area contributed by atoms with Crippen molar-refractivity contribution in [3.63, 3.8) is 0 Å². The number of phosphoric ester groups is 2. The molecule has 0 aromatic rings. The molecule has 1 aliphatic rings. The maximum atomic E-state index is 12.2. The number of carbonyl (C=O) groups excluding carboxylic acids is 4. The van der Waals surface area contributed by atoms with Gasteiger partial charge in [-0.2, -0.15) is 0 Å². The van der Waals surface area contributed by atoms with Crippen molar-refractivity contribution in [1.29, 1.82) is 0 Å². The van der Waals surface area contributed by atoms with Gasteiger partial charge in [-0.25, -0.2) is 9.13 Å². The third kappa shape index (κ3) is 25.2. The molecule has 0 radical (unpaired) electrons. The predicted octanol–water partition coefficient (Wildman–Crippen LogP) is 2.89. The van der Waals surface area contributed by atoms with Gasteiger partial charge in [0.15, 0.2) is 0 Å². The summed E-state index contributed by atoms with van der Waals surface area (Å²) in [5.74, 6) is -1.04. The van der Waals surface area contributed by atoms with Gasteiger partial charge in [0.1, 0.15) is 0 Å². The van der Waals surface area contributed by atoms with Crippen molar-refractivity contribution in [1.82, 2.24) is 16.0 Å². The summed E-state index contributed by atoms with van der Waals surface area (Å²) in [7, 11) is -8.76. The molecule has 23 heteroatoms. The lowest BCUT2D eigenvalue weighted by Gasteiger charge is -2.22. The average molecular weight is 814 g/mol. The van der Waals surface area contributed by atoms with E-state index in [1.165, 1.54) is 0 Å². The third-order valence-corrected chi connectivity index (χ3v) is 10.2. The highest BCUT2D eigenvalue weighted by molar-refractivity contribution is 8.08. The Morgan fingerprint density at radius 2 is 1.18 bits per heavy atom. The molecule has 0 aromatic carbocycles. The third-order valence-electron chi connectivity index (χ3n) is 5.92. The topological polar surface area (TPSA) is 244 Å². The van der Waals surface area contributed by atoms with E-state index in [0.717, 1.165) is 23.5 Å². The highest BCUT2D eigenvalue weighted by atomic mass is 32.2. The Morgan fingerprint density at radius 3 is 1.71 bits per heavy atom. The zero-order valence-electron chi connectivity index (χ0n) is 29.0. The number of imide groups is 1. The molecule has 5 N–H and O–H groups in total. The van der Waals surface area contributed by atoms with E-state index in [1.807, 2.05) is 0 Å². The molecule has 0 aliphatic carbocycles. The van der Waals surface area contributed by atoms with Crippen LogP contribution in [0, 0.1) is 0 Å². The predicted molar refractivity (Wildman–Crippen MR) is 186 cm³/mol. The SMILES string of the molecule is CC(C)(C)OP(=O)(O)OCCOCCOCCOCCNC(=O)CCSC1=C(SCCC(=O)NCCCCCCOP(=O)(O)OF)C(=O)NC1=O. The van der Waals surface area contributed by atoms with E-state index in [4.69, 9.17) is 28.2 Å². The van der Waals surface area contributed by atoms with Crippen LogP contribution in [0.4, 0.5) is 4.53 Å². The molecule has 2 unspecified atom stereocenters. The Morgan fingerprint density at radius 1 is 0.706 bits per heavy atom. The van der Waals surface area contributed by atoms with Gasteiger partial charge in [-0.05, 0) is 38.1 Å². The van der Waals surface area contributed by atoms with E-state index < -0.39 is 33.1 Å². The van der Waals surface area contributed by atoms with Gasteiger partial charge in [-0.15, -0.1) is 23.5 Å². The van der Waals surface area contributed by atoms with E-state index in [9.17, 15) is 37.7 Å². The van der Waals surface area contributed by atoms with Gasteiger partial charge in [0.05, 0.1) is 68.3 Å². The minimum Gasteiger partial charge on any atom is -0.377 e. The van der Waals surface area contributed by atoms with Crippen molar-refractivity contribution in [2.45, 2.75) is 64.9 Å². The van der Waals surface area contributed by atoms with Gasteiger partial charge in [-0.3, -0.25) is 38.1 Å². The highest BCUT2D eigenvalue weighted by Crippen LogP contribution is 2.47. The first-order valence-electron chi connectivity index (χ1n) is 16.1. The van der Waals surface area contributed by atoms with E-state index >= 15 is 0 Å². The molecule has 51 heavy (non-hydrogen) atoms. The van der Waals surface area contributed by atoms with Gasteiger partial charge >= 0.3 is 15.6 Å². The van der Waals surface area contributed by atoms with Crippen LogP contribution in [-0.4, -0.2) is 116 Å². The normalized spacial score (nSPS) is 15.8. The van der Waals surface area contributed by atoms with Gasteiger partial charge < -0.3 is 34.6 Å². The molecule has 0 bridgehead atoms. The molecule has 1 heterocycles. The van der Waals surface area contributed by atoms with Crippen molar-refractivity contribution < 1.29 is 75.1 Å². The Hall–Kier alpha value is -1.45. The first kappa shape index (κ1) is 47.6. The number of nitrogens with one attached hydrogen (secondary N) is 3. The van der Waals surface area contributed by atoms with Crippen LogP contribution in [0.1, 0.15) is 59.3 Å². The number of hydrogen-bond acceptors (Lipinski definition) is 15. The second-order valence-electron chi connectivity index (χ2n) is 11.5. The number of unbranched alkanes of at least 4 members (excludes halogenated alkanes) is 3. The number of hydrogen-bond donors (Lipinski definition) is 5. The number of ether oxygens (including phenoxy) is 3. The standard InChI is InChI=1S/C28H50FN3O15P2S2/c1-28(2,3)46-48(37,38)45-19-18-43-17-16-42-15-14-41-13-11-31-23(34)9-21-51-25-24(26(35)32-27(25)36)50-20-8-22(33)30-10-6-4-5-7-12-44-49(39,40)47-29/h4-21H2,1-3H3,(H,30,33)(H,31,34)(H,37,38)(H,39,40)(H,32,35,36). The summed E-state index contributed by atoms with van der Waals surface area (Å²) < 4.78 is 67.3. The molecule has 0 aromatic heterocycles. The number of amides is 4. The smallest absolute Gasteiger partial charge is 0.377 e. The van der Waals surface area contributed by atoms with Crippen LogP contribution in [0.2, 0.25) is 0 Å². The minimum absolute atomic E-state index is 0.0899. The molecule has 0 saturated carbocycles. The van der Waals surface area contributed by atoms with Crippen molar-refractivity contribution in [3.05, 3.63) is 9.81 Å². The summed E-state index contributed by atoms with van der Waals surface area (Å²) in [6.45, 7) is 6.82. The van der Waals surface area contributed by atoms with Gasteiger partial charge in [0.2, 0.25) is 11.8 Å². The van der Waals surface area contributed by atoms with Crippen molar-refractivity contribution in [3.8, 4) is 0 Å². The molecule has 0 spiro atoms. The largest absolute Gasteiger partial charge is 0.503 e. The lowest BCUT2D eigenvalue weighted by molar-refractivity contribution is -0.124. The van der Waals surface area contributed by atoms with Crippen LogP contribution in [0.5, 0.6) is 0 Å². The molecule has 1 rings (SSSR count). The monoisotopic (exact) mass is 813 g/mol. The summed E-state index contributed by atoms with van der Waals surface area (Å²) in [6, 6.07) is 0. The van der Waals surface area contributed by atoms with Gasteiger partial charge in [-0.1, -0.05) is 17.6 Å². The Kier molecular flexibility index (Phi) is 24.6. The lowest BCUT2D eigenvalue weighted by atomic mass is 10.2. The minimum atomic E-state index is -4.62. The second-order valence-corrected chi connectivity index (χ2v) is 16.4. The van der Waals surface area contributed by atoms with E-state index in [0.29, 0.717) is 45.4 Å². The number of thioether (sulfide) groups is 2. The summed E-state index contributed by atoms with van der Waals surface area (Å²) in [6.07, 6.45) is 2.62. The fourth-order valence-electron chi connectivity index (χ4n) is 3.75. The Bertz CT molecular complexity index is 1230. The van der Waals surface area contributed by atoms with Crippen molar-refractivity contribution in [2.75, 3.05) is 77.5 Å². The highest BCUT2D eigenvalue weighted by Gasteiger charge is 2.31. The van der Waals surface area contributed by atoms with E-state index in [2.05, 4.69) is 25.2 Å². The van der Waals surface area contributed by atoms with Crippen molar-refractivity contribution >= 4 is 62.8 Å². The fraction of sp³-hybridized carbons (Fsp3) is 0.786. The van der Waals surface area contributed by atoms with Crippen LogP contribution in [0.25, 0.3) is 0 Å². The molecule has 1 aliphatic heterocycles. The van der Waals surface area contributed by atoms with Gasteiger partial charge in [0, 0.05) is 37.4 Å². The summed E-state index contributed by atoms with van der Waals surface area (Å²) in [4.78, 5) is 67.6. The summed E-state index contributed by atoms with van der Waals surface area (Å²) in [5, 5.41) is 7.70. The molecule has 296 valence electrons. The number of phosphoric acid groups is 2. The Balaban J connectivity index is 2.09. The number of rotatable bonds is 31. The molecule has 2 atom stereocenters. The summed E-state index contributed by atoms with van der Waals surface area (Å²) in [5.41, 5.74) is -0.818. The molecular formula is C28H50FN3O15P2S2. The van der Waals surface area contributed by atoms with Crippen LogP contribution in [0.15, 0.2) is 9.81 Å². The average Bonchev–Trinajstić information content (AvgIpc) is 3.30. The van der Waals surface area contributed by atoms with Crippen LogP contribution < -0.4 is 16.0 Å². The number of carbonyl (C=O) groups is 4. The maximum absolute atomic E-state index is 12.2. The molecule has 0 fully saturated rings. The number of halogens is 1. The van der Waals surface area contributed by atoms with Crippen LogP contribution in [0.3, 0.4) is 0 Å². The first-order valence-corrected chi connectivity index (χ1v) is 21.1. The second kappa shape index (κ2) is 26.3. The first-order chi connectivity index (χ1) is 24.1. The van der Waals surface area contributed by atoms with Crippen LogP contribution >= 0.6 is 39.2 Å². The zero-order valence-corrected chi connectivity index (χ0v) is 32.4. The van der Waals surface area contributed by atoms with Gasteiger partial charge in [0.25, 0.3) is 11.8 Å².